The number of thioether (sulfide) groups is 1. The Labute approximate surface area is 210 Å². The molecule has 1 aromatic heterocycles. The molecule has 2 N–H and O–H groups in total. The van der Waals surface area contributed by atoms with Gasteiger partial charge < -0.3 is 19.8 Å². The quantitative estimate of drug-likeness (QED) is 0.348. The summed E-state index contributed by atoms with van der Waals surface area (Å²) < 4.78 is 23.9. The molecule has 0 saturated heterocycles. The molecule has 0 radical (unpaired) electrons. The first-order valence-electron chi connectivity index (χ1n) is 11.9. The van der Waals surface area contributed by atoms with Gasteiger partial charge in [-0.05, 0) is 43.0 Å². The van der Waals surface area contributed by atoms with Crippen molar-refractivity contribution < 1.29 is 27.9 Å². The zero-order valence-electron chi connectivity index (χ0n) is 20.6. The molecule has 1 heterocycles. The first kappa shape index (κ1) is 28.4. The summed E-state index contributed by atoms with van der Waals surface area (Å²) in [5, 5.41) is 5.55. The van der Waals surface area contributed by atoms with Gasteiger partial charge in [-0.15, -0.1) is 11.8 Å². The highest BCUT2D eigenvalue weighted by Crippen LogP contribution is 2.15. The van der Waals surface area contributed by atoms with Gasteiger partial charge >= 0.3 is 0 Å². The average Bonchev–Trinajstić information content (AvgIpc) is 3.33. The molecule has 2 atom stereocenters. The number of carbonyl (C=O) groups is 3. The minimum absolute atomic E-state index is 0.0626. The van der Waals surface area contributed by atoms with Crippen molar-refractivity contribution in [1.82, 2.24) is 10.6 Å². The highest BCUT2D eigenvalue weighted by Gasteiger charge is 2.27. The second-order valence-corrected chi connectivity index (χ2v) is 9.72. The van der Waals surface area contributed by atoms with Crippen LogP contribution < -0.4 is 15.4 Å². The second-order valence-electron chi connectivity index (χ2n) is 8.74. The second kappa shape index (κ2) is 15.2. The third-order valence-corrected chi connectivity index (χ3v) is 6.12. The highest BCUT2D eigenvalue weighted by atomic mass is 32.2. The van der Waals surface area contributed by atoms with Gasteiger partial charge in [0, 0.05) is 6.07 Å². The number of rotatable bonds is 16. The van der Waals surface area contributed by atoms with Crippen molar-refractivity contribution in [3.63, 3.8) is 0 Å². The molecule has 192 valence electrons. The van der Waals surface area contributed by atoms with Crippen molar-refractivity contribution in [1.29, 1.82) is 0 Å². The molecule has 0 spiro atoms. The molecule has 0 aliphatic rings. The topological polar surface area (TPSA) is 97.6 Å². The fourth-order valence-electron chi connectivity index (χ4n) is 3.39. The monoisotopic (exact) mass is 506 g/mol. The van der Waals surface area contributed by atoms with Crippen molar-refractivity contribution in [3.8, 4) is 5.75 Å². The lowest BCUT2D eigenvalue weighted by Crippen LogP contribution is -2.53. The van der Waals surface area contributed by atoms with E-state index in [2.05, 4.69) is 10.6 Å². The lowest BCUT2D eigenvalue weighted by atomic mass is 10.0. The maximum Gasteiger partial charge on any atom is 0.258 e. The van der Waals surface area contributed by atoms with Gasteiger partial charge in [0.1, 0.15) is 23.4 Å². The number of nitrogens with one attached hydrogen (secondary N) is 2. The molecule has 7 nitrogen and oxygen atoms in total. The van der Waals surface area contributed by atoms with Crippen LogP contribution in [0.25, 0.3) is 0 Å². The number of unbranched alkanes of at least 4 members (excludes halogenated alkanes) is 1. The number of Topliss-reactive ketones (excluding diaryl/α,β-unsaturated/α-hetero) is 1. The number of furan rings is 1. The van der Waals surface area contributed by atoms with Gasteiger partial charge in [0.2, 0.25) is 5.91 Å². The van der Waals surface area contributed by atoms with E-state index < -0.39 is 29.7 Å². The van der Waals surface area contributed by atoms with Gasteiger partial charge in [0.05, 0.1) is 23.8 Å². The first-order valence-corrected chi connectivity index (χ1v) is 13.0. The molecule has 9 heteroatoms. The summed E-state index contributed by atoms with van der Waals surface area (Å²) in [6.45, 7) is 5.56. The Morgan fingerprint density at radius 3 is 2.57 bits per heavy atom. The van der Waals surface area contributed by atoms with E-state index in [4.69, 9.17) is 9.15 Å². The summed E-state index contributed by atoms with van der Waals surface area (Å²) in [5.74, 6) is 0.535. The third kappa shape index (κ3) is 11.0. The van der Waals surface area contributed by atoms with Crippen LogP contribution in [0.3, 0.4) is 0 Å². The maximum absolute atomic E-state index is 13.3. The van der Waals surface area contributed by atoms with Crippen molar-refractivity contribution in [2.75, 3.05) is 12.4 Å². The smallest absolute Gasteiger partial charge is 0.258 e. The van der Waals surface area contributed by atoms with E-state index in [9.17, 15) is 18.8 Å². The van der Waals surface area contributed by atoms with Gasteiger partial charge in [-0.3, -0.25) is 14.4 Å². The molecular formula is C26H35FN2O5S. The molecule has 2 rings (SSSR count). The predicted molar refractivity (Wildman–Crippen MR) is 135 cm³/mol. The Morgan fingerprint density at radius 1 is 1.11 bits per heavy atom. The largest absolute Gasteiger partial charge is 0.484 e. The Hall–Kier alpha value is -2.81. The maximum atomic E-state index is 13.3. The SMILES string of the molecule is CCCCC(NC(=O)C(CC(C)C)NC(=O)COc1cccc(F)c1)C(=O)CSCc1ccco1. The summed E-state index contributed by atoms with van der Waals surface area (Å²) in [4.78, 5) is 38.4. The number of amides is 2. The number of halogens is 1. The molecule has 1 aromatic carbocycles. The van der Waals surface area contributed by atoms with Crippen molar-refractivity contribution in [2.45, 2.75) is 64.3 Å². The number of hydrogen-bond donors (Lipinski definition) is 2. The van der Waals surface area contributed by atoms with Crippen LogP contribution in [0.4, 0.5) is 4.39 Å². The molecule has 2 aromatic rings. The summed E-state index contributed by atoms with van der Waals surface area (Å²) in [6, 6.07) is 7.70. The average molecular weight is 507 g/mol. The van der Waals surface area contributed by atoms with Crippen LogP contribution in [-0.4, -0.2) is 42.0 Å². The Balaban J connectivity index is 1.94. The van der Waals surface area contributed by atoms with E-state index >= 15 is 0 Å². The van der Waals surface area contributed by atoms with Crippen LogP contribution in [0, 0.1) is 11.7 Å². The normalized spacial score (nSPS) is 12.7. The van der Waals surface area contributed by atoms with Crippen LogP contribution in [-0.2, 0) is 20.1 Å². The van der Waals surface area contributed by atoms with Crippen LogP contribution in [0.2, 0.25) is 0 Å². The number of benzene rings is 1. The molecular weight excluding hydrogens is 471 g/mol. The van der Waals surface area contributed by atoms with E-state index in [-0.39, 0.29) is 29.8 Å². The zero-order chi connectivity index (χ0) is 25.6. The van der Waals surface area contributed by atoms with Gasteiger partial charge in [-0.2, -0.15) is 0 Å². The number of ether oxygens (including phenoxy) is 1. The highest BCUT2D eigenvalue weighted by molar-refractivity contribution is 7.99. The molecule has 0 fully saturated rings. The van der Waals surface area contributed by atoms with Gasteiger partial charge in [0.15, 0.2) is 12.4 Å². The minimum Gasteiger partial charge on any atom is -0.484 e. The molecule has 0 saturated carbocycles. The van der Waals surface area contributed by atoms with Gasteiger partial charge in [0.25, 0.3) is 5.91 Å². The van der Waals surface area contributed by atoms with E-state index in [0.717, 1.165) is 18.6 Å². The number of hydrogen-bond acceptors (Lipinski definition) is 6. The molecule has 0 aliphatic carbocycles. The molecule has 0 aliphatic heterocycles. The molecule has 0 bridgehead atoms. The minimum atomic E-state index is -0.814. The Kier molecular flexibility index (Phi) is 12.4. The van der Waals surface area contributed by atoms with E-state index in [0.29, 0.717) is 18.6 Å². The van der Waals surface area contributed by atoms with Gasteiger partial charge in [-0.25, -0.2) is 4.39 Å². The number of ketones is 1. The fraction of sp³-hybridized carbons (Fsp3) is 0.500. The van der Waals surface area contributed by atoms with Crippen LogP contribution in [0.15, 0.2) is 47.1 Å². The fourth-order valence-corrected chi connectivity index (χ4v) is 4.26. The summed E-state index contributed by atoms with van der Waals surface area (Å²) >= 11 is 1.44. The lowest BCUT2D eigenvalue weighted by Gasteiger charge is -2.24. The van der Waals surface area contributed by atoms with Crippen molar-refractivity contribution >= 4 is 29.4 Å². The third-order valence-electron chi connectivity index (χ3n) is 5.15. The summed E-state index contributed by atoms with van der Waals surface area (Å²) in [7, 11) is 0. The molecule has 35 heavy (non-hydrogen) atoms. The Bertz CT molecular complexity index is 936. The van der Waals surface area contributed by atoms with Crippen LogP contribution in [0.5, 0.6) is 5.75 Å². The Morgan fingerprint density at radius 2 is 1.91 bits per heavy atom. The van der Waals surface area contributed by atoms with Gasteiger partial charge in [-0.1, -0.05) is 39.7 Å². The van der Waals surface area contributed by atoms with E-state index in [1.165, 1.54) is 30.0 Å². The summed E-state index contributed by atoms with van der Waals surface area (Å²) in [5.41, 5.74) is 0. The lowest BCUT2D eigenvalue weighted by molar-refractivity contribution is -0.132. The zero-order valence-corrected chi connectivity index (χ0v) is 21.4. The first-order chi connectivity index (χ1) is 16.8. The van der Waals surface area contributed by atoms with Crippen LogP contribution >= 0.6 is 11.8 Å². The predicted octanol–water partition coefficient (Wildman–Crippen LogP) is 4.51. The number of carbonyl (C=O) groups excluding carboxylic acids is 3. The van der Waals surface area contributed by atoms with Crippen molar-refractivity contribution in [3.05, 3.63) is 54.2 Å². The van der Waals surface area contributed by atoms with E-state index in [1.807, 2.05) is 26.8 Å². The van der Waals surface area contributed by atoms with Crippen molar-refractivity contribution in [2.24, 2.45) is 5.92 Å². The molecule has 2 unspecified atom stereocenters. The summed E-state index contributed by atoms with van der Waals surface area (Å²) in [6.07, 6.45) is 4.21. The standard InChI is InChI=1S/C26H35FN2O5S/c1-4-5-11-22(24(30)17-35-16-21-10-7-12-33-21)29-26(32)23(13-18(2)3)28-25(31)15-34-20-9-6-8-19(27)14-20/h6-10,12,14,18,22-23H,4-5,11,13,15-17H2,1-3H3,(H,28,31)(H,29,32). The van der Waals surface area contributed by atoms with Crippen LogP contribution in [0.1, 0.15) is 52.2 Å². The van der Waals surface area contributed by atoms with E-state index in [1.54, 1.807) is 18.4 Å². The molecule has 2 amide bonds.